The molecule has 0 saturated carbocycles. The molecular formula is C18H7Br6IO3. The van der Waals surface area contributed by atoms with Crippen LogP contribution in [0.3, 0.4) is 0 Å². The van der Waals surface area contributed by atoms with Crippen LogP contribution in [0.25, 0.3) is 0 Å². The van der Waals surface area contributed by atoms with Gasteiger partial charge in [0.1, 0.15) is 5.75 Å². The lowest BCUT2D eigenvalue weighted by molar-refractivity contribution is 0.385. The van der Waals surface area contributed by atoms with E-state index in [0.717, 1.165) is 21.5 Å². The van der Waals surface area contributed by atoms with Gasteiger partial charge in [0.15, 0.2) is 23.0 Å². The van der Waals surface area contributed by atoms with Crippen molar-refractivity contribution in [2.45, 2.75) is 0 Å². The number of benzene rings is 3. The second-order valence-electron chi connectivity index (χ2n) is 5.33. The summed E-state index contributed by atoms with van der Waals surface area (Å²) >= 11 is 23.0. The van der Waals surface area contributed by atoms with Crippen LogP contribution in [0.15, 0.2) is 63.2 Å². The minimum atomic E-state index is -0.0133. The third kappa shape index (κ3) is 5.28. The van der Waals surface area contributed by atoms with Crippen LogP contribution in [0.2, 0.25) is 0 Å². The Hall–Kier alpha value is 0.670. The molecule has 0 spiro atoms. The van der Waals surface area contributed by atoms with Crippen LogP contribution < -0.4 is 9.47 Å². The average molecular weight is 878 g/mol. The Morgan fingerprint density at radius 1 is 0.679 bits per heavy atom. The maximum Gasteiger partial charge on any atom is 0.185 e. The molecule has 10 heteroatoms. The second-order valence-corrected chi connectivity index (χ2v) is 11.6. The molecule has 0 aromatic heterocycles. The van der Waals surface area contributed by atoms with Gasteiger partial charge >= 0.3 is 0 Å². The van der Waals surface area contributed by atoms with Gasteiger partial charge in [0.2, 0.25) is 0 Å². The first kappa shape index (κ1) is 23.3. The molecule has 0 bridgehead atoms. The summed E-state index contributed by atoms with van der Waals surface area (Å²) in [5, 5.41) is 10.3. The molecule has 3 aromatic rings. The summed E-state index contributed by atoms with van der Waals surface area (Å²) in [4.78, 5) is 0. The van der Waals surface area contributed by atoms with Crippen molar-refractivity contribution in [1.29, 1.82) is 0 Å². The molecule has 0 fully saturated rings. The number of rotatable bonds is 4. The minimum absolute atomic E-state index is 0.0133. The summed E-state index contributed by atoms with van der Waals surface area (Å²) in [6.45, 7) is 0. The first-order valence-electron chi connectivity index (χ1n) is 7.33. The quantitative estimate of drug-likeness (QED) is 0.210. The standard InChI is InChI=1S/C18H7Br6IO3/c19-7-1-2-13(11(25)4-7)27-18-14(6-9(21)15(23)16(18)24)28-17-10(22)3-8(20)5-12(17)26/h1-6,26H. The Bertz CT molecular complexity index is 1050. The molecule has 0 saturated heterocycles. The minimum Gasteiger partial charge on any atom is -0.504 e. The van der Waals surface area contributed by atoms with Crippen LogP contribution in [0, 0.1) is 3.57 Å². The second kappa shape index (κ2) is 9.86. The first-order valence-corrected chi connectivity index (χ1v) is 13.2. The average Bonchev–Trinajstić information content (AvgIpc) is 2.61. The van der Waals surface area contributed by atoms with Crippen LogP contribution in [0.5, 0.6) is 28.7 Å². The Morgan fingerprint density at radius 3 is 2.00 bits per heavy atom. The lowest BCUT2D eigenvalue weighted by Gasteiger charge is -2.18. The smallest absolute Gasteiger partial charge is 0.185 e. The van der Waals surface area contributed by atoms with E-state index in [-0.39, 0.29) is 11.5 Å². The lowest BCUT2D eigenvalue weighted by atomic mass is 10.3. The van der Waals surface area contributed by atoms with Gasteiger partial charge in [-0.15, -0.1) is 0 Å². The molecule has 0 heterocycles. The van der Waals surface area contributed by atoms with E-state index < -0.39 is 0 Å². The fraction of sp³-hybridized carbons (Fsp3) is 0. The third-order valence-corrected chi connectivity index (χ3v) is 9.04. The largest absolute Gasteiger partial charge is 0.504 e. The highest BCUT2D eigenvalue weighted by molar-refractivity contribution is 14.1. The topological polar surface area (TPSA) is 38.7 Å². The summed E-state index contributed by atoms with van der Waals surface area (Å²) in [6.07, 6.45) is 0. The number of hydrogen-bond donors (Lipinski definition) is 1. The highest BCUT2D eigenvalue weighted by Crippen LogP contribution is 2.50. The van der Waals surface area contributed by atoms with Gasteiger partial charge in [-0.2, -0.15) is 0 Å². The van der Waals surface area contributed by atoms with E-state index in [4.69, 9.17) is 9.47 Å². The van der Waals surface area contributed by atoms with Crippen LogP contribution in [0.1, 0.15) is 0 Å². The highest BCUT2D eigenvalue weighted by atomic mass is 127. The SMILES string of the molecule is Oc1cc(Br)cc(Br)c1Oc1cc(Br)c(Br)c(Br)c1Oc1ccc(Br)cc1I. The van der Waals surface area contributed by atoms with E-state index >= 15 is 0 Å². The molecule has 28 heavy (non-hydrogen) atoms. The lowest BCUT2D eigenvalue weighted by Crippen LogP contribution is -1.95. The van der Waals surface area contributed by atoms with Crippen molar-refractivity contribution in [2.24, 2.45) is 0 Å². The zero-order valence-electron chi connectivity index (χ0n) is 13.4. The summed E-state index contributed by atoms with van der Waals surface area (Å²) in [5.74, 6) is 1.81. The summed E-state index contributed by atoms with van der Waals surface area (Å²) < 4.78 is 17.6. The Balaban J connectivity index is 2.11. The van der Waals surface area contributed by atoms with Gasteiger partial charge in [0, 0.05) is 24.0 Å². The molecule has 0 aliphatic heterocycles. The van der Waals surface area contributed by atoms with Gasteiger partial charge in [-0.05, 0) is 117 Å². The van der Waals surface area contributed by atoms with Gasteiger partial charge < -0.3 is 14.6 Å². The Morgan fingerprint density at radius 2 is 1.36 bits per heavy atom. The number of phenolic OH excluding ortho intramolecular Hbond substituents is 1. The van der Waals surface area contributed by atoms with Crippen molar-refractivity contribution in [3.8, 4) is 28.7 Å². The number of hydrogen-bond acceptors (Lipinski definition) is 3. The van der Waals surface area contributed by atoms with Crippen molar-refractivity contribution in [3.63, 3.8) is 0 Å². The Kier molecular flexibility index (Phi) is 8.22. The summed E-state index contributed by atoms with van der Waals surface area (Å²) in [5.41, 5.74) is 0. The van der Waals surface area contributed by atoms with E-state index in [1.54, 1.807) is 18.2 Å². The monoisotopic (exact) mass is 871 g/mol. The molecule has 0 radical (unpaired) electrons. The molecular weight excluding hydrogens is 871 g/mol. The molecule has 146 valence electrons. The van der Waals surface area contributed by atoms with E-state index in [9.17, 15) is 5.11 Å². The highest BCUT2D eigenvalue weighted by Gasteiger charge is 2.21. The number of aromatic hydroxyl groups is 1. The number of halogens is 7. The molecule has 0 unspecified atom stereocenters. The molecule has 0 amide bonds. The molecule has 1 N–H and O–H groups in total. The van der Waals surface area contributed by atoms with Crippen LogP contribution in [0.4, 0.5) is 0 Å². The molecule has 3 rings (SSSR count). The van der Waals surface area contributed by atoms with Gasteiger partial charge in [-0.1, -0.05) is 31.9 Å². The van der Waals surface area contributed by atoms with E-state index in [2.05, 4.69) is 118 Å². The predicted molar refractivity (Wildman–Crippen MR) is 140 cm³/mol. The van der Waals surface area contributed by atoms with Gasteiger partial charge in [0.25, 0.3) is 0 Å². The van der Waals surface area contributed by atoms with Crippen LogP contribution in [-0.4, -0.2) is 5.11 Å². The van der Waals surface area contributed by atoms with Crippen molar-refractivity contribution in [1.82, 2.24) is 0 Å². The fourth-order valence-corrected chi connectivity index (χ4v) is 6.31. The number of ether oxygens (including phenoxy) is 2. The van der Waals surface area contributed by atoms with Crippen molar-refractivity contribution in [3.05, 3.63) is 66.8 Å². The predicted octanol–water partition coefficient (Wildman–Crippen LogP) is 10.2. The summed E-state index contributed by atoms with van der Waals surface area (Å²) in [7, 11) is 0. The zero-order chi connectivity index (χ0) is 20.6. The maximum atomic E-state index is 10.3. The van der Waals surface area contributed by atoms with Gasteiger partial charge in [0.05, 0.1) is 12.5 Å². The van der Waals surface area contributed by atoms with Crippen LogP contribution in [-0.2, 0) is 0 Å². The van der Waals surface area contributed by atoms with Gasteiger partial charge in [-0.25, -0.2) is 0 Å². The molecule has 0 atom stereocenters. The maximum absolute atomic E-state index is 10.3. The van der Waals surface area contributed by atoms with E-state index in [1.807, 2.05) is 18.2 Å². The summed E-state index contributed by atoms with van der Waals surface area (Å²) in [6, 6.07) is 10.8. The Labute approximate surface area is 225 Å². The molecule has 0 aliphatic carbocycles. The number of phenols is 1. The third-order valence-electron chi connectivity index (χ3n) is 3.39. The zero-order valence-corrected chi connectivity index (χ0v) is 25.0. The van der Waals surface area contributed by atoms with E-state index in [0.29, 0.717) is 26.2 Å². The normalized spacial score (nSPS) is 10.8. The van der Waals surface area contributed by atoms with Gasteiger partial charge in [-0.3, -0.25) is 0 Å². The van der Waals surface area contributed by atoms with Crippen molar-refractivity contribution in [2.75, 3.05) is 0 Å². The fourth-order valence-electron chi connectivity index (χ4n) is 2.15. The van der Waals surface area contributed by atoms with Crippen molar-refractivity contribution >= 4 is 118 Å². The first-order chi connectivity index (χ1) is 13.2. The van der Waals surface area contributed by atoms with E-state index in [1.165, 1.54) is 0 Å². The van der Waals surface area contributed by atoms with Crippen molar-refractivity contribution < 1.29 is 14.6 Å². The molecule has 3 nitrogen and oxygen atoms in total. The molecule has 3 aromatic carbocycles. The van der Waals surface area contributed by atoms with Crippen LogP contribution >= 0.6 is 118 Å². The molecule has 0 aliphatic rings.